The van der Waals surface area contributed by atoms with Gasteiger partial charge in [-0.3, -0.25) is 9.48 Å². The van der Waals surface area contributed by atoms with Crippen molar-refractivity contribution in [2.24, 2.45) is 0 Å². The van der Waals surface area contributed by atoms with Gasteiger partial charge in [0.25, 0.3) is 0 Å². The average Bonchev–Trinajstić information content (AvgIpc) is 2.89. The van der Waals surface area contributed by atoms with E-state index < -0.39 is 11.9 Å². The third kappa shape index (κ3) is 3.92. The summed E-state index contributed by atoms with van der Waals surface area (Å²) < 4.78 is 6.49. The molecule has 6 nitrogen and oxygen atoms in total. The van der Waals surface area contributed by atoms with E-state index in [4.69, 9.17) is 9.84 Å². The normalized spacial score (nSPS) is 10.3. The smallest absolute Gasteiger partial charge is 0.341 e. The van der Waals surface area contributed by atoms with Crippen LogP contribution in [0.15, 0.2) is 36.7 Å². The third-order valence-corrected chi connectivity index (χ3v) is 2.94. The van der Waals surface area contributed by atoms with Gasteiger partial charge in [-0.25, -0.2) is 4.79 Å². The van der Waals surface area contributed by atoms with E-state index in [0.29, 0.717) is 18.7 Å². The number of hydrogen-bond donors (Lipinski definition) is 1. The van der Waals surface area contributed by atoms with E-state index in [9.17, 15) is 9.59 Å². The van der Waals surface area contributed by atoms with Crippen molar-refractivity contribution in [3.63, 3.8) is 0 Å². The molecule has 1 aromatic heterocycles. The topological polar surface area (TPSA) is 81.4 Å². The molecule has 0 saturated carbocycles. The van der Waals surface area contributed by atoms with E-state index in [1.54, 1.807) is 29.9 Å². The zero-order valence-corrected chi connectivity index (χ0v) is 11.7. The molecule has 0 unspecified atom stereocenters. The zero-order chi connectivity index (χ0) is 15.2. The first kappa shape index (κ1) is 14.8. The number of rotatable bonds is 6. The first-order chi connectivity index (χ1) is 10.1. The molecule has 0 bridgehead atoms. The van der Waals surface area contributed by atoms with E-state index >= 15 is 0 Å². The van der Waals surface area contributed by atoms with Crippen LogP contribution in [0.25, 0.3) is 0 Å². The number of aliphatic carboxylic acids is 1. The molecule has 0 aliphatic rings. The molecule has 2 aromatic rings. The zero-order valence-electron chi connectivity index (χ0n) is 11.7. The molecular formula is C15H16N2O4. The van der Waals surface area contributed by atoms with E-state index in [0.717, 1.165) is 11.1 Å². The minimum atomic E-state index is -0.880. The van der Waals surface area contributed by atoms with Crippen molar-refractivity contribution in [1.29, 1.82) is 0 Å². The highest BCUT2D eigenvalue weighted by atomic mass is 16.5. The van der Waals surface area contributed by atoms with Crippen molar-refractivity contribution < 1.29 is 19.4 Å². The van der Waals surface area contributed by atoms with Gasteiger partial charge in [0.15, 0.2) is 0 Å². The number of benzene rings is 1. The van der Waals surface area contributed by atoms with Gasteiger partial charge in [-0.15, -0.1) is 0 Å². The SMILES string of the molecule is CCOC(=O)c1cnn(Cc2ccccc2CC(=O)O)c1. The second-order valence-corrected chi connectivity index (χ2v) is 4.49. The molecule has 0 fully saturated rings. The number of ether oxygens (including phenoxy) is 1. The van der Waals surface area contributed by atoms with Crippen LogP contribution in [0.2, 0.25) is 0 Å². The average molecular weight is 288 g/mol. The number of esters is 1. The van der Waals surface area contributed by atoms with Crippen molar-refractivity contribution in [2.45, 2.75) is 19.9 Å². The van der Waals surface area contributed by atoms with Gasteiger partial charge in [0, 0.05) is 6.20 Å². The lowest BCUT2D eigenvalue weighted by molar-refractivity contribution is -0.136. The molecule has 6 heteroatoms. The molecule has 0 saturated heterocycles. The highest BCUT2D eigenvalue weighted by Gasteiger charge is 2.11. The van der Waals surface area contributed by atoms with Gasteiger partial charge in [0.1, 0.15) is 0 Å². The monoisotopic (exact) mass is 288 g/mol. The molecule has 0 spiro atoms. The fraction of sp³-hybridized carbons (Fsp3) is 0.267. The van der Waals surface area contributed by atoms with Gasteiger partial charge in [-0.2, -0.15) is 5.10 Å². The van der Waals surface area contributed by atoms with Gasteiger partial charge in [0.2, 0.25) is 0 Å². The van der Waals surface area contributed by atoms with Crippen LogP contribution < -0.4 is 0 Å². The van der Waals surface area contributed by atoms with Crippen LogP contribution in [0.3, 0.4) is 0 Å². The number of nitrogens with zero attached hydrogens (tertiary/aromatic N) is 2. The predicted octanol–water partition coefficient (Wildman–Crippen LogP) is 1.74. The van der Waals surface area contributed by atoms with Crippen LogP contribution in [0.5, 0.6) is 0 Å². The van der Waals surface area contributed by atoms with Crippen molar-refractivity contribution in [2.75, 3.05) is 6.61 Å². The molecule has 0 atom stereocenters. The number of aromatic nitrogens is 2. The Morgan fingerprint density at radius 3 is 2.67 bits per heavy atom. The maximum atomic E-state index is 11.6. The van der Waals surface area contributed by atoms with Crippen molar-refractivity contribution in [1.82, 2.24) is 9.78 Å². The maximum absolute atomic E-state index is 11.6. The van der Waals surface area contributed by atoms with Crippen LogP contribution in [0.1, 0.15) is 28.4 Å². The molecule has 0 amide bonds. The molecule has 110 valence electrons. The lowest BCUT2D eigenvalue weighted by Gasteiger charge is -2.07. The minimum absolute atomic E-state index is 0.0395. The van der Waals surface area contributed by atoms with Crippen LogP contribution >= 0.6 is 0 Å². The molecular weight excluding hydrogens is 272 g/mol. The molecule has 1 N–H and O–H groups in total. The van der Waals surface area contributed by atoms with Crippen molar-refractivity contribution in [3.05, 3.63) is 53.3 Å². The summed E-state index contributed by atoms with van der Waals surface area (Å²) in [5.41, 5.74) is 1.98. The summed E-state index contributed by atoms with van der Waals surface area (Å²) in [5, 5.41) is 13.0. The van der Waals surface area contributed by atoms with E-state index in [2.05, 4.69) is 5.10 Å². The number of carboxylic acids is 1. The van der Waals surface area contributed by atoms with Crippen molar-refractivity contribution >= 4 is 11.9 Å². The van der Waals surface area contributed by atoms with E-state index in [1.165, 1.54) is 6.20 Å². The summed E-state index contributed by atoms with van der Waals surface area (Å²) in [5.74, 6) is -1.29. The maximum Gasteiger partial charge on any atom is 0.341 e. The number of carboxylic acid groups (broad SMARTS) is 1. The molecule has 1 aromatic carbocycles. The highest BCUT2D eigenvalue weighted by Crippen LogP contribution is 2.12. The largest absolute Gasteiger partial charge is 0.481 e. The highest BCUT2D eigenvalue weighted by molar-refractivity contribution is 5.88. The van der Waals surface area contributed by atoms with Crippen LogP contribution in [0.4, 0.5) is 0 Å². The summed E-state index contributed by atoms with van der Waals surface area (Å²) in [4.78, 5) is 22.4. The summed E-state index contributed by atoms with van der Waals surface area (Å²) in [6, 6.07) is 7.27. The van der Waals surface area contributed by atoms with E-state index in [-0.39, 0.29) is 6.42 Å². The Labute approximate surface area is 122 Å². The first-order valence-electron chi connectivity index (χ1n) is 6.58. The lowest BCUT2D eigenvalue weighted by atomic mass is 10.0. The second kappa shape index (κ2) is 6.69. The van der Waals surface area contributed by atoms with Gasteiger partial charge in [0.05, 0.1) is 31.3 Å². The van der Waals surface area contributed by atoms with Crippen LogP contribution in [-0.2, 0) is 22.5 Å². The minimum Gasteiger partial charge on any atom is -0.481 e. The lowest BCUT2D eigenvalue weighted by Crippen LogP contribution is -2.08. The Kier molecular flexibility index (Phi) is 4.71. The van der Waals surface area contributed by atoms with Gasteiger partial charge in [-0.1, -0.05) is 24.3 Å². The quantitative estimate of drug-likeness (QED) is 0.819. The van der Waals surface area contributed by atoms with Gasteiger partial charge in [-0.05, 0) is 18.1 Å². The molecule has 1 heterocycles. The standard InChI is InChI=1S/C15H16N2O4/c1-2-21-15(20)13-8-16-17(10-13)9-12-6-4-3-5-11(12)7-14(18)19/h3-6,8,10H,2,7,9H2,1H3,(H,18,19). The third-order valence-electron chi connectivity index (χ3n) is 2.94. The predicted molar refractivity (Wildman–Crippen MR) is 75.1 cm³/mol. The first-order valence-corrected chi connectivity index (χ1v) is 6.58. The molecule has 21 heavy (non-hydrogen) atoms. The summed E-state index contributed by atoms with van der Waals surface area (Å²) in [6.07, 6.45) is 3.00. The summed E-state index contributed by atoms with van der Waals surface area (Å²) in [7, 11) is 0. The van der Waals surface area contributed by atoms with Gasteiger partial charge < -0.3 is 9.84 Å². The molecule has 2 rings (SSSR count). The number of hydrogen-bond acceptors (Lipinski definition) is 4. The van der Waals surface area contributed by atoms with Crippen molar-refractivity contribution in [3.8, 4) is 0 Å². The Bertz CT molecular complexity index is 649. The van der Waals surface area contributed by atoms with Crippen LogP contribution in [0, 0.1) is 0 Å². The molecule has 0 radical (unpaired) electrons. The van der Waals surface area contributed by atoms with E-state index in [1.807, 2.05) is 12.1 Å². The molecule has 0 aliphatic heterocycles. The fourth-order valence-electron chi connectivity index (χ4n) is 1.99. The second-order valence-electron chi connectivity index (χ2n) is 4.49. The summed E-state index contributed by atoms with van der Waals surface area (Å²) in [6.45, 7) is 2.46. The Hall–Kier alpha value is -2.63. The Balaban J connectivity index is 2.15. The Morgan fingerprint density at radius 2 is 2.00 bits per heavy atom. The fourth-order valence-corrected chi connectivity index (χ4v) is 1.99. The number of carbonyl (C=O) groups excluding carboxylic acids is 1. The summed E-state index contributed by atoms with van der Waals surface area (Å²) >= 11 is 0. The Morgan fingerprint density at radius 1 is 1.29 bits per heavy atom. The van der Waals surface area contributed by atoms with Gasteiger partial charge >= 0.3 is 11.9 Å². The van der Waals surface area contributed by atoms with Crippen LogP contribution in [-0.4, -0.2) is 33.4 Å². The molecule has 0 aliphatic carbocycles. The number of carbonyl (C=O) groups is 2.